The van der Waals surface area contributed by atoms with Crippen molar-refractivity contribution in [1.29, 1.82) is 0 Å². The molecule has 0 saturated carbocycles. The molecule has 0 unspecified atom stereocenters. The first-order chi connectivity index (χ1) is 7.46. The molecule has 0 atom stereocenters. The van der Waals surface area contributed by atoms with Crippen LogP contribution in [0.1, 0.15) is 47.0 Å². The zero-order valence-corrected chi connectivity index (χ0v) is 13.5. The highest BCUT2D eigenvalue weighted by Crippen LogP contribution is 2.15. The molecule has 0 aromatic rings. The van der Waals surface area contributed by atoms with E-state index in [-0.39, 0.29) is 11.7 Å². The molecular weight excluding hydrogens is 218 g/mol. The molecule has 0 bridgehead atoms. The molecule has 16 heavy (non-hydrogen) atoms. The van der Waals surface area contributed by atoms with Crippen molar-refractivity contribution in [2.45, 2.75) is 58.6 Å². The minimum atomic E-state index is -0.343. The summed E-state index contributed by atoms with van der Waals surface area (Å²) >= 11 is 0. The Morgan fingerprint density at radius 1 is 1.31 bits per heavy atom. The van der Waals surface area contributed by atoms with Crippen LogP contribution in [-0.4, -0.2) is 39.9 Å². The van der Waals surface area contributed by atoms with E-state index in [0.29, 0.717) is 0 Å². The maximum absolute atomic E-state index is 11.9. The average molecular weight is 245 g/mol. The van der Waals surface area contributed by atoms with E-state index in [4.69, 9.17) is 4.74 Å². The quantitative estimate of drug-likeness (QED) is 0.644. The Morgan fingerprint density at radius 3 is 2.38 bits per heavy atom. The third kappa shape index (κ3) is 6.15. The van der Waals surface area contributed by atoms with Crippen molar-refractivity contribution in [2.24, 2.45) is 0 Å². The first-order valence-corrected chi connectivity index (χ1v) is 7.86. The normalized spacial score (nSPS) is 11.5. The molecule has 0 radical (unpaired) electrons. The highest BCUT2D eigenvalue weighted by atomic mass is 28.1. The van der Waals surface area contributed by atoms with Gasteiger partial charge < -0.3 is 9.64 Å². The van der Waals surface area contributed by atoms with E-state index in [1.54, 1.807) is 0 Å². The lowest BCUT2D eigenvalue weighted by Crippen LogP contribution is -2.38. The molecule has 0 spiro atoms. The first-order valence-electron chi connectivity index (χ1n) is 6.44. The first kappa shape index (κ1) is 15.5. The van der Waals surface area contributed by atoms with Gasteiger partial charge in [0.1, 0.15) is 5.60 Å². The Morgan fingerprint density at radius 2 is 1.94 bits per heavy atom. The summed E-state index contributed by atoms with van der Waals surface area (Å²) in [7, 11) is 1.21. The van der Waals surface area contributed by atoms with Gasteiger partial charge in [0, 0.05) is 23.3 Å². The molecule has 0 saturated heterocycles. The van der Waals surface area contributed by atoms with E-state index < -0.39 is 0 Å². The maximum Gasteiger partial charge on any atom is 0.410 e. The fourth-order valence-electron chi connectivity index (χ4n) is 1.29. The lowest BCUT2D eigenvalue weighted by molar-refractivity contribution is 0.0114. The SMILES string of the molecule is CCCN(CCC[SiH3])C(=O)OC(C)(C)CC. The van der Waals surface area contributed by atoms with Crippen molar-refractivity contribution >= 4 is 16.3 Å². The summed E-state index contributed by atoms with van der Waals surface area (Å²) in [5, 5.41) is 0. The lowest BCUT2D eigenvalue weighted by Gasteiger charge is -2.29. The molecule has 0 fully saturated rings. The van der Waals surface area contributed by atoms with Gasteiger partial charge in [-0.2, -0.15) is 0 Å². The molecule has 0 aliphatic rings. The van der Waals surface area contributed by atoms with Crippen LogP contribution in [-0.2, 0) is 4.74 Å². The van der Waals surface area contributed by atoms with Crippen LogP contribution in [0, 0.1) is 0 Å². The van der Waals surface area contributed by atoms with Gasteiger partial charge in [0.15, 0.2) is 0 Å². The van der Waals surface area contributed by atoms with Crippen molar-refractivity contribution in [3.05, 3.63) is 0 Å². The van der Waals surface area contributed by atoms with Gasteiger partial charge in [-0.1, -0.05) is 19.9 Å². The molecule has 1 amide bonds. The van der Waals surface area contributed by atoms with Gasteiger partial charge in [-0.05, 0) is 33.1 Å². The van der Waals surface area contributed by atoms with Crippen molar-refractivity contribution in [1.82, 2.24) is 4.90 Å². The molecule has 0 N–H and O–H groups in total. The van der Waals surface area contributed by atoms with Gasteiger partial charge in [-0.25, -0.2) is 4.79 Å². The van der Waals surface area contributed by atoms with Crippen LogP contribution in [0.4, 0.5) is 4.79 Å². The highest BCUT2D eigenvalue weighted by Gasteiger charge is 2.23. The maximum atomic E-state index is 11.9. The average Bonchev–Trinajstić information content (AvgIpc) is 2.23. The van der Waals surface area contributed by atoms with Gasteiger partial charge >= 0.3 is 6.09 Å². The summed E-state index contributed by atoms with van der Waals surface area (Å²) in [6.07, 6.45) is 2.79. The van der Waals surface area contributed by atoms with E-state index in [9.17, 15) is 4.79 Å². The van der Waals surface area contributed by atoms with Crippen LogP contribution >= 0.6 is 0 Å². The topological polar surface area (TPSA) is 29.5 Å². The smallest absolute Gasteiger partial charge is 0.410 e. The van der Waals surface area contributed by atoms with E-state index in [0.717, 1.165) is 32.4 Å². The van der Waals surface area contributed by atoms with E-state index in [1.807, 2.05) is 25.7 Å². The third-order valence-electron chi connectivity index (χ3n) is 2.75. The third-order valence-corrected chi connectivity index (χ3v) is 3.46. The van der Waals surface area contributed by atoms with Crippen molar-refractivity contribution in [3.8, 4) is 0 Å². The van der Waals surface area contributed by atoms with Gasteiger partial charge in [-0.15, -0.1) is 0 Å². The van der Waals surface area contributed by atoms with E-state index in [2.05, 4.69) is 6.92 Å². The summed E-state index contributed by atoms with van der Waals surface area (Å²) in [6, 6.07) is 1.24. The van der Waals surface area contributed by atoms with Crippen molar-refractivity contribution < 1.29 is 9.53 Å². The second-order valence-electron chi connectivity index (χ2n) is 4.82. The highest BCUT2D eigenvalue weighted by molar-refractivity contribution is 6.08. The number of hydrogen-bond donors (Lipinski definition) is 0. The summed E-state index contributed by atoms with van der Waals surface area (Å²) in [5.41, 5.74) is -0.343. The summed E-state index contributed by atoms with van der Waals surface area (Å²) in [6.45, 7) is 9.70. The number of amides is 1. The second kappa shape index (κ2) is 7.71. The van der Waals surface area contributed by atoms with Crippen LogP contribution in [0.25, 0.3) is 0 Å². The Labute approximate surface area is 103 Å². The minimum absolute atomic E-state index is 0.149. The molecule has 0 aromatic heterocycles. The fourth-order valence-corrected chi connectivity index (χ4v) is 1.60. The summed E-state index contributed by atoms with van der Waals surface area (Å²) in [5.74, 6) is 0. The Hall–Kier alpha value is -0.513. The lowest BCUT2D eigenvalue weighted by atomic mass is 10.1. The van der Waals surface area contributed by atoms with Gasteiger partial charge in [0.05, 0.1) is 0 Å². The van der Waals surface area contributed by atoms with Crippen molar-refractivity contribution in [2.75, 3.05) is 13.1 Å². The second-order valence-corrected chi connectivity index (χ2v) is 5.82. The summed E-state index contributed by atoms with van der Waals surface area (Å²) < 4.78 is 5.50. The van der Waals surface area contributed by atoms with Gasteiger partial charge in [0.25, 0.3) is 0 Å². The Kier molecular flexibility index (Phi) is 7.46. The van der Waals surface area contributed by atoms with Crippen LogP contribution in [0.15, 0.2) is 0 Å². The molecule has 0 aromatic carbocycles. The zero-order chi connectivity index (χ0) is 12.6. The van der Waals surface area contributed by atoms with E-state index in [1.165, 1.54) is 16.3 Å². The molecular formula is C12H27NO2Si. The number of carbonyl (C=O) groups excluding carboxylic acids is 1. The number of carbonyl (C=O) groups is 1. The minimum Gasteiger partial charge on any atom is -0.443 e. The van der Waals surface area contributed by atoms with Crippen molar-refractivity contribution in [3.63, 3.8) is 0 Å². The number of ether oxygens (including phenoxy) is 1. The molecule has 96 valence electrons. The molecule has 0 heterocycles. The monoisotopic (exact) mass is 245 g/mol. The molecule has 0 aliphatic heterocycles. The zero-order valence-electron chi connectivity index (χ0n) is 11.5. The van der Waals surface area contributed by atoms with Crippen LogP contribution in [0.3, 0.4) is 0 Å². The number of hydrogen-bond acceptors (Lipinski definition) is 2. The van der Waals surface area contributed by atoms with Crippen LogP contribution in [0.5, 0.6) is 0 Å². The predicted molar refractivity (Wildman–Crippen MR) is 72.1 cm³/mol. The fraction of sp³-hybridized carbons (Fsp3) is 0.917. The number of rotatable bonds is 7. The van der Waals surface area contributed by atoms with Crippen LogP contribution in [0.2, 0.25) is 6.04 Å². The molecule has 4 heteroatoms. The standard InChI is InChI=1S/C12H27NO2Si/c1-5-8-13(9-7-10-16)11(14)15-12(3,4)6-2/h5-10H2,1-4,16H3. The largest absolute Gasteiger partial charge is 0.443 e. The summed E-state index contributed by atoms with van der Waals surface area (Å²) in [4.78, 5) is 13.8. The van der Waals surface area contributed by atoms with Gasteiger partial charge in [-0.3, -0.25) is 0 Å². The molecule has 0 aliphatic carbocycles. The van der Waals surface area contributed by atoms with Gasteiger partial charge in [0.2, 0.25) is 0 Å². The number of nitrogens with zero attached hydrogens (tertiary/aromatic N) is 1. The predicted octanol–water partition coefficient (Wildman–Crippen LogP) is 2.20. The molecule has 3 nitrogen and oxygen atoms in total. The Balaban J connectivity index is 4.26. The molecule has 0 rings (SSSR count). The van der Waals surface area contributed by atoms with Crippen LogP contribution < -0.4 is 0 Å². The van der Waals surface area contributed by atoms with E-state index >= 15 is 0 Å². The Bertz CT molecular complexity index is 207.